The van der Waals surface area contributed by atoms with Crippen molar-refractivity contribution in [3.05, 3.63) is 42.5 Å². The summed E-state index contributed by atoms with van der Waals surface area (Å²) in [6.07, 6.45) is 0. The molecule has 0 aliphatic heterocycles. The number of amides is 1. The molecule has 2 aromatic carbocycles. The van der Waals surface area contributed by atoms with Crippen LogP contribution in [0, 0.1) is 0 Å². The number of aliphatic hydroxyl groups excluding tert-OH is 1. The zero-order chi connectivity index (χ0) is 13.8. The third kappa shape index (κ3) is 2.74. The van der Waals surface area contributed by atoms with Gasteiger partial charge in [-0.1, -0.05) is 30.3 Å². The summed E-state index contributed by atoms with van der Waals surface area (Å²) in [6.45, 7) is 0.401. The Labute approximate surface area is 111 Å². The van der Waals surface area contributed by atoms with Crippen molar-refractivity contribution in [2.45, 2.75) is 13.0 Å². The summed E-state index contributed by atoms with van der Waals surface area (Å²) < 4.78 is 12.7. The average molecular weight is 261 g/mol. The van der Waals surface area contributed by atoms with Crippen LogP contribution >= 0.6 is 0 Å². The lowest BCUT2D eigenvalue weighted by molar-refractivity contribution is -0.120. The predicted molar refractivity (Wildman–Crippen MR) is 74.0 cm³/mol. The lowest BCUT2D eigenvalue weighted by Crippen LogP contribution is -2.41. The fourth-order valence-corrected chi connectivity index (χ4v) is 2.12. The molecule has 19 heavy (non-hydrogen) atoms. The minimum absolute atomic E-state index is 0.210. The molecular weight excluding hydrogens is 245 g/mol. The van der Waals surface area contributed by atoms with Crippen LogP contribution < -0.4 is 4.90 Å². The van der Waals surface area contributed by atoms with E-state index in [-0.39, 0.29) is 6.61 Å². The lowest BCUT2D eigenvalue weighted by Gasteiger charge is -2.27. The SMILES string of the molecule is CC(CO)N(C(=O)CF)c1ccc2ccccc2c1. The summed E-state index contributed by atoms with van der Waals surface area (Å²) in [5.74, 6) is -0.642. The van der Waals surface area contributed by atoms with Gasteiger partial charge in [0.2, 0.25) is 0 Å². The number of fused-ring (bicyclic) bond motifs is 1. The molecule has 0 fully saturated rings. The summed E-state index contributed by atoms with van der Waals surface area (Å²) in [7, 11) is 0. The Morgan fingerprint density at radius 2 is 1.95 bits per heavy atom. The van der Waals surface area contributed by atoms with Gasteiger partial charge in [0.05, 0.1) is 12.6 Å². The molecule has 0 heterocycles. The topological polar surface area (TPSA) is 40.5 Å². The molecule has 4 heteroatoms. The van der Waals surface area contributed by atoms with Crippen molar-refractivity contribution in [3.63, 3.8) is 0 Å². The molecule has 0 aromatic heterocycles. The number of aliphatic hydroxyl groups is 1. The molecule has 0 aliphatic rings. The highest BCUT2D eigenvalue weighted by Crippen LogP contribution is 2.23. The van der Waals surface area contributed by atoms with E-state index < -0.39 is 18.6 Å². The number of carbonyl (C=O) groups is 1. The van der Waals surface area contributed by atoms with Gasteiger partial charge in [0, 0.05) is 5.69 Å². The summed E-state index contributed by atoms with van der Waals surface area (Å²) in [5, 5.41) is 11.2. The van der Waals surface area contributed by atoms with Gasteiger partial charge >= 0.3 is 0 Å². The van der Waals surface area contributed by atoms with Gasteiger partial charge in [-0.05, 0) is 29.8 Å². The molecule has 3 nitrogen and oxygen atoms in total. The molecule has 2 aromatic rings. The number of halogens is 1. The summed E-state index contributed by atoms with van der Waals surface area (Å²) in [4.78, 5) is 13.0. The van der Waals surface area contributed by atoms with Gasteiger partial charge in [0.25, 0.3) is 5.91 Å². The van der Waals surface area contributed by atoms with E-state index in [0.717, 1.165) is 10.8 Å². The first kappa shape index (κ1) is 13.5. The van der Waals surface area contributed by atoms with Crippen molar-refractivity contribution >= 4 is 22.4 Å². The molecule has 1 N–H and O–H groups in total. The van der Waals surface area contributed by atoms with Crippen LogP contribution in [0.25, 0.3) is 10.8 Å². The number of hydrogen-bond acceptors (Lipinski definition) is 2. The maximum absolute atomic E-state index is 12.7. The fraction of sp³-hybridized carbons (Fsp3) is 0.267. The molecule has 0 aliphatic carbocycles. The van der Waals surface area contributed by atoms with Crippen LogP contribution in [0.4, 0.5) is 10.1 Å². The smallest absolute Gasteiger partial charge is 0.258 e. The highest BCUT2D eigenvalue weighted by atomic mass is 19.1. The molecule has 0 saturated heterocycles. The maximum atomic E-state index is 12.7. The lowest BCUT2D eigenvalue weighted by atomic mass is 10.1. The van der Waals surface area contributed by atoms with E-state index in [4.69, 9.17) is 0 Å². The van der Waals surface area contributed by atoms with E-state index in [0.29, 0.717) is 5.69 Å². The Kier molecular flexibility index (Phi) is 4.12. The molecule has 1 atom stereocenters. The quantitative estimate of drug-likeness (QED) is 0.918. The normalized spacial score (nSPS) is 12.4. The Bertz CT molecular complexity index is 585. The van der Waals surface area contributed by atoms with Gasteiger partial charge in [-0.3, -0.25) is 4.79 Å². The molecule has 1 unspecified atom stereocenters. The van der Waals surface area contributed by atoms with Crippen LogP contribution in [0.15, 0.2) is 42.5 Å². The summed E-state index contributed by atoms with van der Waals surface area (Å²) in [6, 6.07) is 12.8. The van der Waals surface area contributed by atoms with Crippen LogP contribution in [0.3, 0.4) is 0 Å². The second kappa shape index (κ2) is 5.80. The number of anilines is 1. The van der Waals surface area contributed by atoms with Gasteiger partial charge in [0.1, 0.15) is 0 Å². The van der Waals surface area contributed by atoms with Crippen molar-refractivity contribution in [1.29, 1.82) is 0 Å². The Balaban J connectivity index is 2.46. The first-order valence-electron chi connectivity index (χ1n) is 6.15. The highest BCUT2D eigenvalue weighted by molar-refractivity contribution is 5.97. The third-order valence-corrected chi connectivity index (χ3v) is 3.10. The molecule has 0 saturated carbocycles. The number of alkyl halides is 1. The summed E-state index contributed by atoms with van der Waals surface area (Å²) >= 11 is 0. The molecule has 0 bridgehead atoms. The molecule has 1 amide bonds. The number of benzene rings is 2. The van der Waals surface area contributed by atoms with E-state index in [1.54, 1.807) is 13.0 Å². The van der Waals surface area contributed by atoms with E-state index in [1.807, 2.05) is 36.4 Å². The number of carbonyl (C=O) groups excluding carboxylic acids is 1. The first-order valence-corrected chi connectivity index (χ1v) is 6.15. The largest absolute Gasteiger partial charge is 0.394 e. The van der Waals surface area contributed by atoms with Crippen LogP contribution in [-0.2, 0) is 4.79 Å². The van der Waals surface area contributed by atoms with Crippen molar-refractivity contribution in [1.82, 2.24) is 0 Å². The number of nitrogens with zero attached hydrogens (tertiary/aromatic N) is 1. The zero-order valence-electron chi connectivity index (χ0n) is 10.7. The van der Waals surface area contributed by atoms with Gasteiger partial charge in [-0.25, -0.2) is 4.39 Å². The molecule has 2 rings (SSSR count). The van der Waals surface area contributed by atoms with Crippen molar-refractivity contribution in [2.24, 2.45) is 0 Å². The average Bonchev–Trinajstić information content (AvgIpc) is 2.46. The second-order valence-corrected chi connectivity index (χ2v) is 4.46. The van der Waals surface area contributed by atoms with Crippen LogP contribution in [-0.4, -0.2) is 30.3 Å². The molecule has 100 valence electrons. The zero-order valence-corrected chi connectivity index (χ0v) is 10.7. The van der Waals surface area contributed by atoms with Crippen molar-refractivity contribution < 1.29 is 14.3 Å². The van der Waals surface area contributed by atoms with Crippen LogP contribution in [0.5, 0.6) is 0 Å². The van der Waals surface area contributed by atoms with E-state index in [2.05, 4.69) is 0 Å². The predicted octanol–water partition coefficient (Wildman–Crippen LogP) is 2.52. The van der Waals surface area contributed by atoms with E-state index in [9.17, 15) is 14.3 Å². The van der Waals surface area contributed by atoms with Gasteiger partial charge in [-0.2, -0.15) is 0 Å². The molecule has 0 radical (unpaired) electrons. The van der Waals surface area contributed by atoms with Crippen LogP contribution in [0.2, 0.25) is 0 Å². The molecular formula is C15H16FNO2. The number of hydrogen-bond donors (Lipinski definition) is 1. The van der Waals surface area contributed by atoms with Crippen LogP contribution in [0.1, 0.15) is 6.92 Å². The second-order valence-electron chi connectivity index (χ2n) is 4.46. The Morgan fingerprint density at radius 1 is 1.26 bits per heavy atom. The van der Waals surface area contributed by atoms with Gasteiger partial charge < -0.3 is 10.0 Å². The van der Waals surface area contributed by atoms with Gasteiger partial charge in [0.15, 0.2) is 6.67 Å². The first-order chi connectivity index (χ1) is 9.17. The van der Waals surface area contributed by atoms with Gasteiger partial charge in [-0.15, -0.1) is 0 Å². The Morgan fingerprint density at radius 3 is 2.58 bits per heavy atom. The third-order valence-electron chi connectivity index (χ3n) is 3.10. The Hall–Kier alpha value is -1.94. The number of rotatable bonds is 4. The molecule has 0 spiro atoms. The minimum Gasteiger partial charge on any atom is -0.394 e. The minimum atomic E-state index is -1.07. The summed E-state index contributed by atoms with van der Waals surface area (Å²) in [5.41, 5.74) is 0.600. The van der Waals surface area contributed by atoms with Crippen molar-refractivity contribution in [3.8, 4) is 0 Å². The standard InChI is InChI=1S/C15H16FNO2/c1-11(10-18)17(15(19)9-16)14-7-6-12-4-2-3-5-13(12)8-14/h2-8,11,18H,9-10H2,1H3. The monoisotopic (exact) mass is 261 g/mol. The fourth-order valence-electron chi connectivity index (χ4n) is 2.12. The van der Waals surface area contributed by atoms with Crippen molar-refractivity contribution in [2.75, 3.05) is 18.2 Å². The van der Waals surface area contributed by atoms with E-state index >= 15 is 0 Å². The maximum Gasteiger partial charge on any atom is 0.258 e. The highest BCUT2D eigenvalue weighted by Gasteiger charge is 2.21. The van der Waals surface area contributed by atoms with E-state index in [1.165, 1.54) is 4.90 Å².